The number of carbonyl (C=O) groups is 1. The van der Waals surface area contributed by atoms with Crippen LogP contribution in [0.4, 0.5) is 13.2 Å². The van der Waals surface area contributed by atoms with Gasteiger partial charge in [0.1, 0.15) is 6.26 Å². The summed E-state index contributed by atoms with van der Waals surface area (Å²) in [7, 11) is 0. The molecule has 0 saturated carbocycles. The minimum Gasteiger partial charge on any atom is -0.612 e. The van der Waals surface area contributed by atoms with Gasteiger partial charge < -0.3 is 9.66 Å². The Morgan fingerprint density at radius 3 is 2.06 bits per heavy atom. The minimum absolute atomic E-state index is 0.0834. The van der Waals surface area contributed by atoms with Gasteiger partial charge >= 0.3 is 12.1 Å². The third-order valence-electron chi connectivity index (χ3n) is 5.22. The molecule has 0 aliphatic heterocycles. The van der Waals surface area contributed by atoms with E-state index in [0.717, 1.165) is 17.7 Å². The number of hydrogen-bond acceptors (Lipinski definition) is 2. The predicted molar refractivity (Wildman–Crippen MR) is 119 cm³/mol. The fraction of sp³-hybridized carbons (Fsp3) is 0.0800. The maximum Gasteiger partial charge on any atom is 0.416 e. The van der Waals surface area contributed by atoms with Crippen LogP contribution in [0.5, 0.6) is 0 Å². The fourth-order valence-electron chi connectivity index (χ4n) is 3.67. The molecule has 32 heavy (non-hydrogen) atoms. The Morgan fingerprint density at radius 2 is 1.50 bits per heavy atom. The number of fused-ring (bicyclic) bond motifs is 1. The van der Waals surface area contributed by atoms with Crippen LogP contribution in [0.3, 0.4) is 0 Å². The maximum atomic E-state index is 13.0. The predicted octanol–water partition coefficient (Wildman–Crippen LogP) is 6.63. The van der Waals surface area contributed by atoms with Crippen LogP contribution >= 0.6 is 0 Å². The molecule has 0 bridgehead atoms. The third-order valence-corrected chi connectivity index (χ3v) is 6.17. The first-order valence-electron chi connectivity index (χ1n) is 9.57. The summed E-state index contributed by atoms with van der Waals surface area (Å²) in [5.74, 6) is -1.09. The van der Waals surface area contributed by atoms with Crippen LogP contribution in [0.25, 0.3) is 33.0 Å². The van der Waals surface area contributed by atoms with Gasteiger partial charge in [0.15, 0.2) is 4.90 Å². The van der Waals surface area contributed by atoms with Crippen LogP contribution < -0.4 is 0 Å². The Hall–Kier alpha value is -3.29. The summed E-state index contributed by atoms with van der Waals surface area (Å²) in [4.78, 5) is 12.2. The second-order valence-corrected chi connectivity index (χ2v) is 8.64. The zero-order valence-corrected chi connectivity index (χ0v) is 17.6. The molecule has 0 spiro atoms. The van der Waals surface area contributed by atoms with E-state index < -0.39 is 28.9 Å². The second-order valence-electron chi connectivity index (χ2n) is 7.29. The van der Waals surface area contributed by atoms with Crippen molar-refractivity contribution in [3.05, 3.63) is 90.0 Å². The van der Waals surface area contributed by atoms with E-state index in [1.54, 1.807) is 18.2 Å². The molecule has 162 valence electrons. The molecule has 0 fully saturated rings. The number of carboxylic acid groups (broad SMARTS) is 1. The van der Waals surface area contributed by atoms with E-state index in [4.69, 9.17) is 0 Å². The van der Waals surface area contributed by atoms with Gasteiger partial charge in [-0.2, -0.15) is 13.2 Å². The molecule has 4 aromatic carbocycles. The number of aromatic carboxylic acids is 1. The first kappa shape index (κ1) is 21.9. The summed E-state index contributed by atoms with van der Waals surface area (Å²) in [5.41, 5.74) is 1.74. The number of benzene rings is 4. The van der Waals surface area contributed by atoms with Crippen LogP contribution in [0.1, 0.15) is 15.9 Å². The highest BCUT2D eigenvalue weighted by Gasteiger charge is 2.30. The number of halogens is 3. The van der Waals surface area contributed by atoms with E-state index in [2.05, 4.69) is 0 Å². The Morgan fingerprint density at radius 1 is 0.875 bits per heavy atom. The average molecular weight is 454 g/mol. The highest BCUT2D eigenvalue weighted by Crippen LogP contribution is 2.38. The molecule has 3 nitrogen and oxygen atoms in total. The molecule has 0 heterocycles. The van der Waals surface area contributed by atoms with Gasteiger partial charge in [0.2, 0.25) is 0 Å². The summed E-state index contributed by atoms with van der Waals surface area (Å²) >= 11 is -1.44. The monoisotopic (exact) mass is 454 g/mol. The molecule has 4 aromatic rings. The van der Waals surface area contributed by atoms with Gasteiger partial charge in [0.25, 0.3) is 0 Å². The lowest BCUT2D eigenvalue weighted by atomic mass is 9.93. The molecule has 1 atom stereocenters. The Labute approximate surface area is 185 Å². The lowest BCUT2D eigenvalue weighted by molar-refractivity contribution is -0.137. The van der Waals surface area contributed by atoms with Crippen molar-refractivity contribution in [3.8, 4) is 22.3 Å². The van der Waals surface area contributed by atoms with Gasteiger partial charge in [0, 0.05) is 11.6 Å². The van der Waals surface area contributed by atoms with Crippen molar-refractivity contribution in [3.63, 3.8) is 0 Å². The topological polar surface area (TPSA) is 60.4 Å². The van der Waals surface area contributed by atoms with E-state index in [1.165, 1.54) is 24.5 Å². The molecule has 0 aromatic heterocycles. The number of hydrogen-bond donors (Lipinski definition) is 1. The van der Waals surface area contributed by atoms with Gasteiger partial charge in [-0.3, -0.25) is 0 Å². The van der Waals surface area contributed by atoms with Crippen molar-refractivity contribution in [2.75, 3.05) is 6.26 Å². The molecule has 1 unspecified atom stereocenters. The highest BCUT2D eigenvalue weighted by atomic mass is 32.2. The molecular formula is C25H17F3O3S. The molecule has 7 heteroatoms. The van der Waals surface area contributed by atoms with E-state index in [9.17, 15) is 27.6 Å². The van der Waals surface area contributed by atoms with E-state index in [-0.39, 0.29) is 5.56 Å². The average Bonchev–Trinajstić information content (AvgIpc) is 2.77. The molecule has 0 saturated heterocycles. The molecule has 0 radical (unpaired) electrons. The van der Waals surface area contributed by atoms with E-state index in [1.807, 2.05) is 30.3 Å². The maximum absolute atomic E-state index is 13.0. The molecular weight excluding hydrogens is 437 g/mol. The number of carboxylic acids is 1. The first-order chi connectivity index (χ1) is 15.1. The quantitative estimate of drug-likeness (QED) is 0.352. The summed E-state index contributed by atoms with van der Waals surface area (Å²) in [6, 6.07) is 20.4. The fourth-order valence-corrected chi connectivity index (χ4v) is 4.44. The van der Waals surface area contributed by atoms with Gasteiger partial charge in [-0.05, 0) is 69.0 Å². The third kappa shape index (κ3) is 4.22. The molecule has 1 N–H and O–H groups in total. The zero-order valence-electron chi connectivity index (χ0n) is 16.8. The number of rotatable bonds is 4. The molecule has 0 amide bonds. The van der Waals surface area contributed by atoms with E-state index >= 15 is 0 Å². The van der Waals surface area contributed by atoms with Crippen molar-refractivity contribution >= 4 is 27.9 Å². The van der Waals surface area contributed by atoms with Crippen molar-refractivity contribution in [1.29, 1.82) is 0 Å². The summed E-state index contributed by atoms with van der Waals surface area (Å²) < 4.78 is 51.4. The van der Waals surface area contributed by atoms with Gasteiger partial charge in [-0.25, -0.2) is 4.79 Å². The normalized spacial score (nSPS) is 12.7. The lowest BCUT2D eigenvalue weighted by Gasteiger charge is -2.16. The van der Waals surface area contributed by atoms with Crippen molar-refractivity contribution in [2.24, 2.45) is 0 Å². The lowest BCUT2D eigenvalue weighted by Crippen LogP contribution is -2.05. The van der Waals surface area contributed by atoms with Crippen LogP contribution in [0, 0.1) is 0 Å². The number of alkyl halides is 3. The van der Waals surface area contributed by atoms with Crippen LogP contribution in [0.2, 0.25) is 0 Å². The summed E-state index contributed by atoms with van der Waals surface area (Å²) in [6.07, 6.45) is -2.96. The Balaban J connectivity index is 1.99. The Bertz CT molecular complexity index is 1300. The molecule has 0 aliphatic rings. The largest absolute Gasteiger partial charge is 0.612 e. The standard InChI is InChI=1S/C25H17F3O3S/c1-32(31)23-14-21-17(12-22(23)16-7-9-19(10-8-16)25(26,27)28)11-18(24(29)30)13-20(21)15-5-3-2-4-6-15/h2-14H,1H3,(H,29,30). The van der Waals surface area contributed by atoms with Crippen LogP contribution in [-0.4, -0.2) is 21.9 Å². The summed E-state index contributed by atoms with van der Waals surface area (Å²) in [6.45, 7) is 0. The second kappa shape index (κ2) is 8.33. The summed E-state index contributed by atoms with van der Waals surface area (Å²) in [5, 5.41) is 10.9. The zero-order chi connectivity index (χ0) is 23.0. The Kier molecular flexibility index (Phi) is 5.71. The van der Waals surface area contributed by atoms with E-state index in [0.29, 0.717) is 32.4 Å². The first-order valence-corrected chi connectivity index (χ1v) is 11.1. The van der Waals surface area contributed by atoms with Crippen molar-refractivity contribution in [2.45, 2.75) is 11.1 Å². The smallest absolute Gasteiger partial charge is 0.416 e. The van der Waals surface area contributed by atoms with Gasteiger partial charge in [-0.15, -0.1) is 0 Å². The van der Waals surface area contributed by atoms with Crippen LogP contribution in [-0.2, 0) is 17.4 Å². The molecule has 0 aliphatic carbocycles. The molecule has 4 rings (SSSR count). The van der Waals surface area contributed by atoms with Crippen molar-refractivity contribution < 1.29 is 27.6 Å². The van der Waals surface area contributed by atoms with Gasteiger partial charge in [0.05, 0.1) is 11.1 Å². The minimum atomic E-state index is -4.46. The SMILES string of the molecule is C[S+]([O-])c1cc2c(-c3ccccc3)cc(C(=O)O)cc2cc1-c1ccc(C(F)(F)F)cc1. The highest BCUT2D eigenvalue weighted by molar-refractivity contribution is 7.90. The van der Waals surface area contributed by atoms with Crippen LogP contribution in [0.15, 0.2) is 83.8 Å². The van der Waals surface area contributed by atoms with Crippen molar-refractivity contribution in [1.82, 2.24) is 0 Å². The van der Waals surface area contributed by atoms with Gasteiger partial charge in [-0.1, -0.05) is 42.5 Å².